The molecule has 1 N–H and O–H groups in total. The number of aliphatic hydroxyl groups excluding tert-OH is 1. The van der Waals surface area contributed by atoms with Crippen LogP contribution in [0.25, 0.3) is 5.76 Å². The molecule has 1 aliphatic heterocycles. The lowest BCUT2D eigenvalue weighted by Gasteiger charge is -2.22. The molecular formula is C21H15BrN2O4. The fourth-order valence-corrected chi connectivity index (χ4v) is 3.51. The van der Waals surface area contributed by atoms with E-state index in [0.29, 0.717) is 16.9 Å². The topological polar surface area (TPSA) is 83.6 Å². The Bertz CT molecular complexity index is 1090. The minimum atomic E-state index is -0.821. The van der Waals surface area contributed by atoms with Gasteiger partial charge in [-0.25, -0.2) is 0 Å². The smallest absolute Gasteiger partial charge is 0.301 e. The fourth-order valence-electron chi connectivity index (χ4n) is 3.25. The summed E-state index contributed by atoms with van der Waals surface area (Å²) in [7, 11) is 0. The van der Waals surface area contributed by atoms with Gasteiger partial charge >= 0.3 is 5.91 Å². The molecule has 1 saturated heterocycles. The largest absolute Gasteiger partial charge is 0.507 e. The van der Waals surface area contributed by atoms with Gasteiger partial charge in [-0.15, -0.1) is 0 Å². The van der Waals surface area contributed by atoms with Crippen LogP contribution in [0, 0.1) is 6.92 Å². The second-order valence-electron chi connectivity index (χ2n) is 6.38. The molecule has 0 radical (unpaired) electrons. The van der Waals surface area contributed by atoms with Crippen LogP contribution < -0.4 is 4.90 Å². The lowest BCUT2D eigenvalue weighted by molar-refractivity contribution is -0.132. The summed E-state index contributed by atoms with van der Waals surface area (Å²) in [5.41, 5.74) is 1.14. The molecule has 1 unspecified atom stereocenters. The normalized spacial score (nSPS) is 18.6. The van der Waals surface area contributed by atoms with Crippen LogP contribution in [0.5, 0.6) is 0 Å². The van der Waals surface area contributed by atoms with E-state index in [1.54, 1.807) is 55.5 Å². The predicted octanol–water partition coefficient (Wildman–Crippen LogP) is 4.37. The number of Topliss-reactive ketones (excluding diaryl/α,β-unsaturated/α-hetero) is 1. The summed E-state index contributed by atoms with van der Waals surface area (Å²) in [6, 6.07) is 16.6. The third-order valence-electron chi connectivity index (χ3n) is 4.54. The number of anilines is 1. The Morgan fingerprint density at radius 1 is 1.11 bits per heavy atom. The van der Waals surface area contributed by atoms with Gasteiger partial charge in [-0.05, 0) is 24.6 Å². The van der Waals surface area contributed by atoms with Crippen LogP contribution in [0.3, 0.4) is 0 Å². The molecule has 3 aromatic rings. The lowest BCUT2D eigenvalue weighted by Crippen LogP contribution is -2.29. The molecule has 4 rings (SSSR count). The summed E-state index contributed by atoms with van der Waals surface area (Å²) < 4.78 is 5.96. The molecule has 0 aliphatic carbocycles. The summed E-state index contributed by atoms with van der Waals surface area (Å²) >= 11 is 3.39. The minimum Gasteiger partial charge on any atom is -0.507 e. The molecule has 1 atom stereocenters. The number of carbonyl (C=O) groups is 2. The van der Waals surface area contributed by atoms with E-state index in [0.717, 1.165) is 4.47 Å². The third kappa shape index (κ3) is 3.03. The van der Waals surface area contributed by atoms with Crippen molar-refractivity contribution >= 4 is 39.2 Å². The first-order valence-corrected chi connectivity index (χ1v) is 9.32. The van der Waals surface area contributed by atoms with E-state index in [9.17, 15) is 14.7 Å². The van der Waals surface area contributed by atoms with Crippen LogP contribution in [-0.2, 0) is 9.59 Å². The number of hydrogen-bond acceptors (Lipinski definition) is 5. The van der Waals surface area contributed by atoms with Crippen molar-refractivity contribution in [3.63, 3.8) is 0 Å². The predicted molar refractivity (Wildman–Crippen MR) is 107 cm³/mol. The second kappa shape index (κ2) is 7.09. The quantitative estimate of drug-likeness (QED) is 0.372. The zero-order valence-electron chi connectivity index (χ0n) is 14.8. The number of aromatic nitrogens is 1. The van der Waals surface area contributed by atoms with Crippen LogP contribution in [0.4, 0.5) is 5.82 Å². The Kier molecular flexibility index (Phi) is 4.60. The number of carbonyl (C=O) groups excluding carboxylic acids is 2. The Labute approximate surface area is 169 Å². The molecule has 2 heterocycles. The average molecular weight is 439 g/mol. The SMILES string of the molecule is Cc1cc(N2C(=O)C(=O)/C(=C(/O)c3ccccc3)C2c2ccc(Br)cc2)no1. The summed E-state index contributed by atoms with van der Waals surface area (Å²) in [5, 5.41) is 14.8. The summed E-state index contributed by atoms with van der Waals surface area (Å²) in [4.78, 5) is 27.0. The van der Waals surface area contributed by atoms with Crippen LogP contribution in [0.2, 0.25) is 0 Å². The highest BCUT2D eigenvalue weighted by atomic mass is 79.9. The Hall–Kier alpha value is -3.19. The van der Waals surface area contributed by atoms with Crippen LogP contribution in [0.15, 0.2) is 75.2 Å². The molecule has 1 amide bonds. The summed E-state index contributed by atoms with van der Waals surface area (Å²) in [6.07, 6.45) is 0. The molecule has 1 aliphatic rings. The number of aryl methyl sites for hydroxylation is 1. The number of benzene rings is 2. The molecule has 140 valence electrons. The monoisotopic (exact) mass is 438 g/mol. The Morgan fingerprint density at radius 2 is 1.79 bits per heavy atom. The van der Waals surface area contributed by atoms with E-state index in [-0.39, 0.29) is 17.2 Å². The van der Waals surface area contributed by atoms with Gasteiger partial charge in [-0.2, -0.15) is 0 Å². The first-order valence-electron chi connectivity index (χ1n) is 8.52. The van der Waals surface area contributed by atoms with Gasteiger partial charge in [0.15, 0.2) is 5.82 Å². The zero-order chi connectivity index (χ0) is 19.8. The molecule has 0 spiro atoms. The van der Waals surface area contributed by atoms with E-state index >= 15 is 0 Å². The van der Waals surface area contributed by atoms with Gasteiger partial charge in [0.25, 0.3) is 5.78 Å². The van der Waals surface area contributed by atoms with Crippen molar-refractivity contribution < 1.29 is 19.2 Å². The summed E-state index contributed by atoms with van der Waals surface area (Å²) in [5.74, 6) is -1.03. The number of ketones is 1. The van der Waals surface area contributed by atoms with E-state index in [2.05, 4.69) is 21.1 Å². The highest BCUT2D eigenvalue weighted by molar-refractivity contribution is 9.10. The van der Waals surface area contributed by atoms with Gasteiger partial charge in [0, 0.05) is 16.1 Å². The molecule has 0 bridgehead atoms. The zero-order valence-corrected chi connectivity index (χ0v) is 16.4. The number of rotatable bonds is 3. The number of halogens is 1. The number of hydrogen-bond donors (Lipinski definition) is 1. The van der Waals surface area contributed by atoms with Gasteiger partial charge in [-0.1, -0.05) is 63.6 Å². The third-order valence-corrected chi connectivity index (χ3v) is 5.07. The van der Waals surface area contributed by atoms with Crippen molar-refractivity contribution in [2.75, 3.05) is 4.90 Å². The molecule has 0 saturated carbocycles. The van der Waals surface area contributed by atoms with Crippen molar-refractivity contribution in [2.45, 2.75) is 13.0 Å². The van der Waals surface area contributed by atoms with Crippen molar-refractivity contribution in [3.05, 3.63) is 87.6 Å². The highest BCUT2D eigenvalue weighted by Gasteiger charge is 2.48. The maximum absolute atomic E-state index is 12.9. The van der Waals surface area contributed by atoms with E-state index in [1.165, 1.54) is 4.90 Å². The van der Waals surface area contributed by atoms with E-state index < -0.39 is 17.7 Å². The second-order valence-corrected chi connectivity index (χ2v) is 7.30. The first kappa shape index (κ1) is 18.2. The molecule has 28 heavy (non-hydrogen) atoms. The van der Waals surface area contributed by atoms with E-state index in [4.69, 9.17) is 4.52 Å². The van der Waals surface area contributed by atoms with Gasteiger partial charge in [0.2, 0.25) is 0 Å². The van der Waals surface area contributed by atoms with Crippen LogP contribution in [0.1, 0.15) is 22.9 Å². The van der Waals surface area contributed by atoms with Crippen LogP contribution >= 0.6 is 15.9 Å². The fraction of sp³-hybridized carbons (Fsp3) is 0.0952. The molecule has 1 fully saturated rings. The standard InChI is InChI=1S/C21H15BrN2O4/c1-12-11-16(23-28-12)24-18(13-7-9-15(22)10-8-13)17(20(26)21(24)27)19(25)14-5-3-2-4-6-14/h2-11,18,25H,1H3/b19-17+. The molecule has 6 nitrogen and oxygen atoms in total. The van der Waals surface area contributed by atoms with Gasteiger partial charge < -0.3 is 9.63 Å². The lowest BCUT2D eigenvalue weighted by atomic mass is 9.95. The highest BCUT2D eigenvalue weighted by Crippen LogP contribution is 2.42. The average Bonchev–Trinajstić information content (AvgIpc) is 3.24. The van der Waals surface area contributed by atoms with Crippen molar-refractivity contribution in [3.8, 4) is 0 Å². The Morgan fingerprint density at radius 3 is 2.39 bits per heavy atom. The maximum Gasteiger partial charge on any atom is 0.301 e. The molecule has 7 heteroatoms. The van der Waals surface area contributed by atoms with Crippen molar-refractivity contribution in [1.29, 1.82) is 0 Å². The number of nitrogens with zero attached hydrogens (tertiary/aromatic N) is 2. The number of amides is 1. The van der Waals surface area contributed by atoms with Crippen molar-refractivity contribution in [2.24, 2.45) is 0 Å². The maximum atomic E-state index is 12.9. The number of aliphatic hydroxyl groups is 1. The van der Waals surface area contributed by atoms with Crippen molar-refractivity contribution in [1.82, 2.24) is 5.16 Å². The van der Waals surface area contributed by atoms with E-state index in [1.807, 2.05) is 12.1 Å². The first-order chi connectivity index (χ1) is 13.5. The minimum absolute atomic E-state index is 0.0131. The van der Waals surface area contributed by atoms with Gasteiger partial charge in [0.1, 0.15) is 11.5 Å². The van der Waals surface area contributed by atoms with Crippen LogP contribution in [-0.4, -0.2) is 22.0 Å². The Balaban J connectivity index is 1.94. The molecule has 2 aromatic carbocycles. The van der Waals surface area contributed by atoms with Gasteiger partial charge in [0.05, 0.1) is 11.6 Å². The summed E-state index contributed by atoms with van der Waals surface area (Å²) in [6.45, 7) is 1.70. The molecular weight excluding hydrogens is 424 g/mol. The molecule has 1 aromatic heterocycles. The van der Waals surface area contributed by atoms with Gasteiger partial charge in [-0.3, -0.25) is 14.5 Å².